The van der Waals surface area contributed by atoms with Crippen LogP contribution in [0.1, 0.15) is 11.7 Å². The summed E-state index contributed by atoms with van der Waals surface area (Å²) in [6, 6.07) is 5.50. The van der Waals surface area contributed by atoms with E-state index in [1.807, 2.05) is 19.0 Å². The summed E-state index contributed by atoms with van der Waals surface area (Å²) in [6.07, 6.45) is -0.131. The predicted molar refractivity (Wildman–Crippen MR) is 63.7 cm³/mol. The smallest absolute Gasteiger partial charge is 0.341 e. The molecule has 1 aliphatic rings. The van der Waals surface area contributed by atoms with Gasteiger partial charge in [-0.1, -0.05) is 19.0 Å². The molecule has 0 saturated carbocycles. The van der Waals surface area contributed by atoms with Crippen molar-refractivity contribution in [2.45, 2.75) is 12.9 Å². The van der Waals surface area contributed by atoms with Gasteiger partial charge in [0.25, 0.3) is 0 Å². The Bertz CT molecular complexity index is 443. The van der Waals surface area contributed by atoms with E-state index in [4.69, 9.17) is 20.2 Å². The fourth-order valence-electron chi connectivity index (χ4n) is 2.11. The van der Waals surface area contributed by atoms with Gasteiger partial charge in [-0.25, -0.2) is 4.79 Å². The molecule has 7 heteroatoms. The van der Waals surface area contributed by atoms with E-state index in [1.165, 1.54) is 0 Å². The number of rotatable bonds is 4. The maximum absolute atomic E-state index is 10.5. The average Bonchev–Trinajstić information content (AvgIpc) is 2.64. The molecule has 0 unspecified atom stereocenters. The first-order valence-electron chi connectivity index (χ1n) is 5.46. The number of fused-ring (bicyclic) bond motifs is 1. The molecule has 0 fully saturated rings. The van der Waals surface area contributed by atoms with Crippen LogP contribution in [0.25, 0.3) is 0 Å². The second kappa shape index (κ2) is 5.20. The Labute approximate surface area is 99.6 Å². The number of carboxylic acids is 1. The molecule has 2 rings (SSSR count). The molecular formula is C11H14BNO4Rf. The molecule has 0 radical (unpaired) electrons. The molecule has 0 saturated heterocycles. The molecule has 1 heterocycles. The Morgan fingerprint density at radius 1 is 1.61 bits per heavy atom. The summed E-state index contributed by atoms with van der Waals surface area (Å²) >= 11 is 0. The molecule has 0 amide bonds. The normalized spacial score (nSPS) is 17.0. The Morgan fingerprint density at radius 2 is 2.33 bits per heavy atom. The average molecular weight is 502 g/mol. The number of ether oxygens (including phenoxy) is 1. The number of carboxylic acid groups (broad SMARTS) is 1. The van der Waals surface area contributed by atoms with Crippen molar-refractivity contribution in [3.8, 4) is 5.75 Å². The Morgan fingerprint density at radius 3 is 2.94 bits per heavy atom. The van der Waals surface area contributed by atoms with E-state index in [0.29, 0.717) is 12.3 Å². The summed E-state index contributed by atoms with van der Waals surface area (Å²) in [7, 11) is 0. The SMILES string of the molecule is CB1O[C@@H](CN)c2cccc(OCC(=O)O)c21.[Rf]. The van der Waals surface area contributed by atoms with Crippen LogP contribution in [0, 0.1) is 0 Å². The Hall–Kier alpha value is -2.53. The van der Waals surface area contributed by atoms with E-state index in [9.17, 15) is 4.79 Å². The largest absolute Gasteiger partial charge is 0.482 e. The Kier molecular flexibility index (Phi) is 3.91. The molecule has 0 bridgehead atoms. The molecule has 1 aromatic carbocycles. The molecule has 5 nitrogen and oxygen atoms in total. The first-order valence-corrected chi connectivity index (χ1v) is 5.46. The maximum Gasteiger partial charge on any atom is 0.341 e. The van der Waals surface area contributed by atoms with Crippen molar-refractivity contribution < 1.29 is 19.3 Å². The summed E-state index contributed by atoms with van der Waals surface area (Å²) in [5.41, 5.74) is 7.52. The number of benzene rings is 1. The van der Waals surface area contributed by atoms with Crippen molar-refractivity contribution in [2.75, 3.05) is 13.2 Å². The second-order valence-corrected chi connectivity index (χ2v) is 3.94. The molecule has 1 aromatic rings. The zero-order chi connectivity index (χ0) is 12.4. The molecular weight excluding hydrogens is 488 g/mol. The standard InChI is InChI=1S/C11H14BNO4.Rf/c1-12-11-7(9(5-13)17-12)3-2-4-8(11)16-6-10(14)15;/h2-4,9H,5-6,13H2,1H3,(H,14,15);/t9-;/m0./s1. The minimum Gasteiger partial charge on any atom is -0.482 e. The number of carbonyl (C=O) groups is 1. The molecule has 0 aromatic heterocycles. The third kappa shape index (κ3) is 2.26. The van der Waals surface area contributed by atoms with Crippen molar-refractivity contribution in [2.24, 2.45) is 5.73 Å². The fraction of sp³-hybridized carbons (Fsp3) is 0.364. The van der Waals surface area contributed by atoms with E-state index in [1.54, 1.807) is 6.07 Å². The molecule has 18 heavy (non-hydrogen) atoms. The molecule has 1 aliphatic heterocycles. The summed E-state index contributed by atoms with van der Waals surface area (Å²) < 4.78 is 10.9. The van der Waals surface area contributed by atoms with Gasteiger partial charge < -0.3 is 20.2 Å². The van der Waals surface area contributed by atoms with Crippen LogP contribution in [0.2, 0.25) is 6.82 Å². The summed E-state index contributed by atoms with van der Waals surface area (Å²) in [5.74, 6) is -0.433. The molecule has 1 atom stereocenters. The van der Waals surface area contributed by atoms with Crippen LogP contribution in [0.3, 0.4) is 0 Å². The topological polar surface area (TPSA) is 81.8 Å². The van der Waals surface area contributed by atoms with Crippen molar-refractivity contribution >= 4 is 18.3 Å². The van der Waals surface area contributed by atoms with Gasteiger partial charge in [0.1, 0.15) is 5.75 Å². The van der Waals surface area contributed by atoms with Gasteiger partial charge in [0.15, 0.2) is 6.61 Å². The Balaban J connectivity index is 0.00000162. The second-order valence-electron chi connectivity index (χ2n) is 3.94. The molecule has 92 valence electrons. The number of nitrogens with two attached hydrogens (primary N) is 1. The van der Waals surface area contributed by atoms with Gasteiger partial charge in [0.2, 0.25) is 0 Å². The van der Waals surface area contributed by atoms with E-state index in [0.717, 1.165) is 11.0 Å². The van der Waals surface area contributed by atoms with Crippen LogP contribution in [-0.2, 0) is 9.45 Å². The van der Waals surface area contributed by atoms with Crippen LogP contribution in [0.5, 0.6) is 5.75 Å². The summed E-state index contributed by atoms with van der Waals surface area (Å²) in [5, 5.41) is 8.61. The van der Waals surface area contributed by atoms with Gasteiger partial charge in [-0.2, -0.15) is 0 Å². The van der Waals surface area contributed by atoms with E-state index >= 15 is 0 Å². The van der Waals surface area contributed by atoms with Gasteiger partial charge in [-0.3, -0.25) is 0 Å². The molecule has 3 N–H and O–H groups in total. The molecule has 0 spiro atoms. The predicted octanol–water partition coefficient (Wildman–Crippen LogP) is 0.00830. The fourth-order valence-corrected chi connectivity index (χ4v) is 2.11. The minimum atomic E-state index is -0.996. The number of hydrogen-bond acceptors (Lipinski definition) is 4. The van der Waals surface area contributed by atoms with Gasteiger partial charge in [-0.05, 0) is 17.1 Å². The monoisotopic (exact) mass is 502 g/mol. The summed E-state index contributed by atoms with van der Waals surface area (Å²) in [4.78, 5) is 10.5. The maximum atomic E-state index is 10.5. The van der Waals surface area contributed by atoms with Crippen LogP contribution < -0.4 is 15.9 Å². The first-order chi connectivity index (χ1) is 8.13. The van der Waals surface area contributed by atoms with Gasteiger partial charge >= 0.3 is 12.9 Å². The van der Waals surface area contributed by atoms with Gasteiger partial charge in [0, 0.05) is 6.54 Å². The van der Waals surface area contributed by atoms with Crippen LogP contribution in [-0.4, -0.2) is 31.1 Å². The van der Waals surface area contributed by atoms with Gasteiger partial charge in [-0.15, -0.1) is 0 Å². The van der Waals surface area contributed by atoms with E-state index in [2.05, 4.69) is 0 Å². The van der Waals surface area contributed by atoms with Crippen molar-refractivity contribution in [3.63, 3.8) is 0 Å². The van der Waals surface area contributed by atoms with Crippen LogP contribution in [0.15, 0.2) is 18.2 Å². The first kappa shape index (κ1) is 13.5. The quantitative estimate of drug-likeness (QED) is 0.568. The zero-order valence-corrected chi connectivity index (χ0v) is 16.7. The zero-order valence-electron chi connectivity index (χ0n) is 10.3. The number of hydrogen-bond donors (Lipinski definition) is 2. The van der Waals surface area contributed by atoms with E-state index < -0.39 is 5.97 Å². The van der Waals surface area contributed by atoms with Crippen molar-refractivity contribution in [1.82, 2.24) is 0 Å². The van der Waals surface area contributed by atoms with Crippen LogP contribution >= 0.6 is 0 Å². The third-order valence-corrected chi connectivity index (χ3v) is 2.79. The van der Waals surface area contributed by atoms with Crippen molar-refractivity contribution in [1.29, 1.82) is 0 Å². The van der Waals surface area contributed by atoms with E-state index in [-0.39, 0.29) is 19.6 Å². The van der Waals surface area contributed by atoms with Crippen molar-refractivity contribution in [3.05, 3.63) is 23.8 Å². The van der Waals surface area contributed by atoms with Crippen LogP contribution in [0.4, 0.5) is 0 Å². The number of aliphatic carboxylic acids is 1. The third-order valence-electron chi connectivity index (χ3n) is 2.79. The molecule has 0 aliphatic carbocycles. The van der Waals surface area contributed by atoms with Gasteiger partial charge in [0.05, 0.1) is 6.10 Å². The summed E-state index contributed by atoms with van der Waals surface area (Å²) in [6.45, 7) is 1.83. The minimum absolute atomic E-state index is 0.